The van der Waals surface area contributed by atoms with Gasteiger partial charge < -0.3 is 5.32 Å². The lowest BCUT2D eigenvalue weighted by atomic mass is 9.83. The van der Waals surface area contributed by atoms with Crippen LogP contribution in [0.3, 0.4) is 0 Å². The van der Waals surface area contributed by atoms with Crippen LogP contribution in [0, 0.1) is 6.92 Å². The average molecular weight is 266 g/mol. The number of halogens is 1. The Labute approximate surface area is 114 Å². The molecular weight excluding hydrogens is 246 g/mol. The van der Waals surface area contributed by atoms with Crippen molar-refractivity contribution in [2.45, 2.75) is 44.6 Å². The molecule has 1 aliphatic carbocycles. The number of benzene rings is 1. The normalized spacial score (nSPS) is 18.3. The highest BCUT2D eigenvalue weighted by Gasteiger charge is 2.32. The van der Waals surface area contributed by atoms with E-state index in [9.17, 15) is 4.79 Å². The number of nitrogens with one attached hydrogen (secondary N) is 1. The Morgan fingerprint density at radius 2 is 2.06 bits per heavy atom. The molecule has 18 heavy (non-hydrogen) atoms. The molecule has 1 saturated carbocycles. The molecule has 0 radical (unpaired) electrons. The van der Waals surface area contributed by atoms with E-state index in [2.05, 4.69) is 5.32 Å². The molecule has 1 fully saturated rings. The molecule has 1 aromatic rings. The van der Waals surface area contributed by atoms with Gasteiger partial charge in [0.05, 0.1) is 5.54 Å². The van der Waals surface area contributed by atoms with E-state index in [0.29, 0.717) is 5.88 Å². The minimum absolute atomic E-state index is 0.00116. The molecule has 0 spiro atoms. The van der Waals surface area contributed by atoms with Crippen molar-refractivity contribution in [2.75, 3.05) is 5.88 Å². The average Bonchev–Trinajstić information content (AvgIpc) is 2.40. The minimum atomic E-state index is -0.194. The largest absolute Gasteiger partial charge is 0.345 e. The van der Waals surface area contributed by atoms with E-state index in [-0.39, 0.29) is 11.4 Å². The van der Waals surface area contributed by atoms with Crippen LogP contribution < -0.4 is 5.32 Å². The molecule has 1 aromatic carbocycles. The van der Waals surface area contributed by atoms with Crippen molar-refractivity contribution in [3.8, 4) is 0 Å². The summed E-state index contributed by atoms with van der Waals surface area (Å²) in [5.41, 5.74) is 1.64. The third kappa shape index (κ3) is 3.05. The van der Waals surface area contributed by atoms with Crippen LogP contribution in [0.2, 0.25) is 0 Å². The first kappa shape index (κ1) is 13.4. The number of alkyl halides is 1. The van der Waals surface area contributed by atoms with E-state index in [1.807, 2.05) is 31.2 Å². The van der Waals surface area contributed by atoms with E-state index in [1.54, 1.807) is 0 Å². The lowest BCUT2D eigenvalue weighted by molar-refractivity contribution is 0.0884. The minimum Gasteiger partial charge on any atom is -0.345 e. The number of hydrogen-bond acceptors (Lipinski definition) is 1. The number of hydrogen-bond donors (Lipinski definition) is 1. The zero-order valence-corrected chi connectivity index (χ0v) is 11.6. The van der Waals surface area contributed by atoms with Crippen LogP contribution >= 0.6 is 11.6 Å². The summed E-state index contributed by atoms with van der Waals surface area (Å²) in [6, 6.07) is 7.68. The zero-order valence-electron chi connectivity index (χ0n) is 10.8. The highest BCUT2D eigenvalue weighted by Crippen LogP contribution is 2.29. The molecule has 1 aliphatic rings. The Hall–Kier alpha value is -1.02. The fraction of sp³-hybridized carbons (Fsp3) is 0.533. The van der Waals surface area contributed by atoms with Crippen molar-refractivity contribution in [1.29, 1.82) is 0 Å². The van der Waals surface area contributed by atoms with Crippen LogP contribution in [0.5, 0.6) is 0 Å². The fourth-order valence-electron chi connectivity index (χ4n) is 2.62. The molecule has 3 heteroatoms. The number of carbonyl (C=O) groups excluding carboxylic acids is 1. The summed E-state index contributed by atoms with van der Waals surface area (Å²) >= 11 is 6.09. The van der Waals surface area contributed by atoms with Gasteiger partial charge in [-0.2, -0.15) is 0 Å². The SMILES string of the molecule is Cc1cccc(C(=O)NC2(CCl)CCCCC2)c1. The monoisotopic (exact) mass is 265 g/mol. The first-order valence-electron chi connectivity index (χ1n) is 6.60. The van der Waals surface area contributed by atoms with Crippen molar-refractivity contribution in [1.82, 2.24) is 5.32 Å². The Balaban J connectivity index is 2.10. The van der Waals surface area contributed by atoms with E-state index < -0.39 is 0 Å². The highest BCUT2D eigenvalue weighted by molar-refractivity contribution is 6.19. The molecule has 2 nitrogen and oxygen atoms in total. The lowest BCUT2D eigenvalue weighted by Gasteiger charge is -2.36. The molecule has 0 unspecified atom stereocenters. The fourth-order valence-corrected chi connectivity index (χ4v) is 2.95. The van der Waals surface area contributed by atoms with Gasteiger partial charge in [0, 0.05) is 11.4 Å². The lowest BCUT2D eigenvalue weighted by Crippen LogP contribution is -2.51. The Morgan fingerprint density at radius 1 is 1.33 bits per heavy atom. The Morgan fingerprint density at radius 3 is 2.67 bits per heavy atom. The molecule has 2 rings (SSSR count). The van der Waals surface area contributed by atoms with Gasteiger partial charge >= 0.3 is 0 Å². The molecule has 0 atom stereocenters. The predicted octanol–water partition coefficient (Wildman–Crippen LogP) is 3.67. The predicted molar refractivity (Wildman–Crippen MR) is 75.2 cm³/mol. The topological polar surface area (TPSA) is 29.1 Å². The standard InChI is InChI=1S/C15H20ClNO/c1-12-6-5-7-13(10-12)14(18)17-15(11-16)8-3-2-4-9-15/h5-7,10H,2-4,8-9,11H2,1H3,(H,17,18). The van der Waals surface area contributed by atoms with Crippen LogP contribution in [0.1, 0.15) is 48.0 Å². The second kappa shape index (κ2) is 5.75. The summed E-state index contributed by atoms with van der Waals surface area (Å²) in [5, 5.41) is 3.15. The van der Waals surface area contributed by atoms with Crippen LogP contribution in [0.25, 0.3) is 0 Å². The van der Waals surface area contributed by atoms with E-state index in [1.165, 1.54) is 6.42 Å². The molecule has 0 saturated heterocycles. The molecule has 98 valence electrons. The van der Waals surface area contributed by atoms with Crippen molar-refractivity contribution in [3.05, 3.63) is 35.4 Å². The summed E-state index contributed by atoms with van der Waals surface area (Å²) in [7, 11) is 0. The smallest absolute Gasteiger partial charge is 0.251 e. The van der Waals surface area contributed by atoms with Gasteiger partial charge in [-0.3, -0.25) is 4.79 Å². The number of rotatable bonds is 3. The third-order valence-electron chi connectivity index (χ3n) is 3.73. The maximum atomic E-state index is 12.3. The van der Waals surface area contributed by atoms with Crippen LogP contribution in [-0.2, 0) is 0 Å². The quantitative estimate of drug-likeness (QED) is 0.830. The van der Waals surface area contributed by atoms with Gasteiger partial charge in [-0.05, 0) is 31.9 Å². The van der Waals surface area contributed by atoms with Gasteiger partial charge in [-0.1, -0.05) is 37.0 Å². The molecule has 0 aliphatic heterocycles. The second-order valence-electron chi connectivity index (χ2n) is 5.30. The molecule has 1 amide bonds. The maximum absolute atomic E-state index is 12.3. The van der Waals surface area contributed by atoms with Crippen molar-refractivity contribution < 1.29 is 4.79 Å². The van der Waals surface area contributed by atoms with Gasteiger partial charge in [0.15, 0.2) is 0 Å². The zero-order chi connectivity index (χ0) is 13.0. The van der Waals surface area contributed by atoms with Gasteiger partial charge in [0.25, 0.3) is 5.91 Å². The maximum Gasteiger partial charge on any atom is 0.251 e. The molecule has 0 heterocycles. The molecular formula is C15H20ClNO. The van der Waals surface area contributed by atoms with Crippen molar-refractivity contribution in [3.63, 3.8) is 0 Å². The highest BCUT2D eigenvalue weighted by atomic mass is 35.5. The first-order valence-corrected chi connectivity index (χ1v) is 7.14. The number of carbonyl (C=O) groups is 1. The number of amides is 1. The van der Waals surface area contributed by atoms with Gasteiger partial charge in [-0.25, -0.2) is 0 Å². The second-order valence-corrected chi connectivity index (χ2v) is 5.57. The summed E-state index contributed by atoms with van der Waals surface area (Å²) in [5.74, 6) is 0.506. The van der Waals surface area contributed by atoms with Crippen LogP contribution in [-0.4, -0.2) is 17.3 Å². The summed E-state index contributed by atoms with van der Waals surface area (Å²) in [6.45, 7) is 1.99. The Kier molecular flexibility index (Phi) is 4.28. The van der Waals surface area contributed by atoms with Gasteiger partial charge in [0.1, 0.15) is 0 Å². The molecule has 0 bridgehead atoms. The van der Waals surface area contributed by atoms with Gasteiger partial charge in [0.2, 0.25) is 0 Å². The third-order valence-corrected chi connectivity index (χ3v) is 4.24. The summed E-state index contributed by atoms with van der Waals surface area (Å²) in [4.78, 5) is 12.3. The van der Waals surface area contributed by atoms with Crippen LogP contribution in [0.15, 0.2) is 24.3 Å². The van der Waals surface area contributed by atoms with E-state index in [0.717, 1.165) is 36.8 Å². The van der Waals surface area contributed by atoms with Gasteiger partial charge in [-0.15, -0.1) is 11.6 Å². The molecule has 1 N–H and O–H groups in total. The van der Waals surface area contributed by atoms with Crippen molar-refractivity contribution >= 4 is 17.5 Å². The summed E-state index contributed by atoms with van der Waals surface area (Å²) < 4.78 is 0. The van der Waals surface area contributed by atoms with Crippen LogP contribution in [0.4, 0.5) is 0 Å². The summed E-state index contributed by atoms with van der Waals surface area (Å²) in [6.07, 6.45) is 5.54. The Bertz CT molecular complexity index is 424. The first-order chi connectivity index (χ1) is 8.65. The van der Waals surface area contributed by atoms with Crippen molar-refractivity contribution in [2.24, 2.45) is 0 Å². The molecule has 0 aromatic heterocycles. The van der Waals surface area contributed by atoms with E-state index >= 15 is 0 Å². The number of aryl methyl sites for hydroxylation is 1. The van der Waals surface area contributed by atoms with E-state index in [4.69, 9.17) is 11.6 Å².